The molecule has 2 aromatic heterocycles. The summed E-state index contributed by atoms with van der Waals surface area (Å²) in [5.41, 5.74) is 2.84. The predicted octanol–water partition coefficient (Wildman–Crippen LogP) is 4.32. The number of benzene rings is 1. The van der Waals surface area contributed by atoms with Crippen molar-refractivity contribution in [3.8, 4) is 5.69 Å². The van der Waals surface area contributed by atoms with Crippen LogP contribution in [0.3, 0.4) is 0 Å². The van der Waals surface area contributed by atoms with E-state index in [2.05, 4.69) is 31.2 Å². The smallest absolute Gasteiger partial charge is 0.292 e. The lowest BCUT2D eigenvalue weighted by atomic mass is 9.92. The summed E-state index contributed by atoms with van der Waals surface area (Å²) in [5.74, 6) is 0.586. The van der Waals surface area contributed by atoms with E-state index in [4.69, 9.17) is 4.42 Å². The minimum Gasteiger partial charge on any atom is -0.459 e. The zero-order chi connectivity index (χ0) is 17.3. The molecule has 0 saturated carbocycles. The first-order valence-electron chi connectivity index (χ1n) is 7.87. The van der Waals surface area contributed by atoms with Crippen molar-refractivity contribution in [1.82, 2.24) is 9.78 Å². The summed E-state index contributed by atoms with van der Waals surface area (Å²) in [5, 5.41) is 7.57. The maximum atomic E-state index is 12.3. The van der Waals surface area contributed by atoms with Crippen LogP contribution in [0.1, 0.15) is 42.6 Å². The summed E-state index contributed by atoms with van der Waals surface area (Å²) in [4.78, 5) is 12.3. The maximum Gasteiger partial charge on any atom is 0.292 e. The first-order valence-corrected chi connectivity index (χ1v) is 7.87. The highest BCUT2D eigenvalue weighted by Crippen LogP contribution is 2.26. The van der Waals surface area contributed by atoms with Crippen LogP contribution in [-0.2, 0) is 5.41 Å². The molecule has 0 atom stereocenters. The second-order valence-corrected chi connectivity index (χ2v) is 6.84. The fraction of sp³-hybridized carbons (Fsp3) is 0.263. The molecule has 1 N–H and O–H groups in total. The number of aryl methyl sites for hydroxylation is 1. The Morgan fingerprint density at radius 1 is 1.17 bits per heavy atom. The van der Waals surface area contributed by atoms with Crippen LogP contribution in [0.5, 0.6) is 0 Å². The molecule has 0 spiro atoms. The lowest BCUT2D eigenvalue weighted by Gasteiger charge is -2.14. The minimum absolute atomic E-state index is 0.125. The molecule has 0 fully saturated rings. The van der Waals surface area contributed by atoms with Gasteiger partial charge in [-0.3, -0.25) is 4.79 Å². The summed E-state index contributed by atoms with van der Waals surface area (Å²) >= 11 is 0. The molecule has 3 aromatic rings. The Kier molecular flexibility index (Phi) is 4.01. The van der Waals surface area contributed by atoms with Gasteiger partial charge in [-0.2, -0.15) is 5.10 Å². The topological polar surface area (TPSA) is 60.1 Å². The second-order valence-electron chi connectivity index (χ2n) is 6.84. The number of amides is 1. The van der Waals surface area contributed by atoms with Gasteiger partial charge in [-0.05, 0) is 31.2 Å². The Labute approximate surface area is 141 Å². The Morgan fingerprint density at radius 2 is 1.88 bits per heavy atom. The van der Waals surface area contributed by atoms with E-state index in [0.717, 1.165) is 11.4 Å². The molecular weight excluding hydrogens is 302 g/mol. The quantitative estimate of drug-likeness (QED) is 0.780. The van der Waals surface area contributed by atoms with Crippen molar-refractivity contribution in [3.63, 3.8) is 0 Å². The molecule has 0 radical (unpaired) electrons. The normalized spacial score (nSPS) is 11.5. The molecule has 5 nitrogen and oxygen atoms in total. The molecule has 0 aliphatic heterocycles. The number of rotatable bonds is 3. The van der Waals surface area contributed by atoms with E-state index < -0.39 is 0 Å². The maximum absolute atomic E-state index is 12.3. The first-order chi connectivity index (χ1) is 11.3. The number of hydrogen-bond donors (Lipinski definition) is 1. The van der Waals surface area contributed by atoms with Gasteiger partial charge in [0.2, 0.25) is 0 Å². The summed E-state index contributed by atoms with van der Waals surface area (Å²) in [6, 6.07) is 13.2. The molecule has 124 valence electrons. The minimum atomic E-state index is -0.297. The van der Waals surface area contributed by atoms with Crippen LogP contribution >= 0.6 is 0 Å². The Balaban J connectivity index is 2.01. The summed E-state index contributed by atoms with van der Waals surface area (Å²) in [6.45, 7) is 8.31. The van der Waals surface area contributed by atoms with Crippen LogP contribution in [0.25, 0.3) is 5.69 Å². The van der Waals surface area contributed by atoms with Crippen molar-refractivity contribution < 1.29 is 9.21 Å². The monoisotopic (exact) mass is 323 g/mol. The van der Waals surface area contributed by atoms with E-state index in [9.17, 15) is 4.79 Å². The highest BCUT2D eigenvalue weighted by Gasteiger charge is 2.22. The molecule has 2 heterocycles. The molecule has 0 bridgehead atoms. The van der Waals surface area contributed by atoms with E-state index in [1.54, 1.807) is 16.8 Å². The first kappa shape index (κ1) is 16.1. The fourth-order valence-corrected chi connectivity index (χ4v) is 2.31. The number of carbonyl (C=O) groups excluding carboxylic acids is 1. The number of furan rings is 1. The van der Waals surface area contributed by atoms with E-state index in [-0.39, 0.29) is 17.1 Å². The molecule has 3 rings (SSSR count). The molecule has 0 unspecified atom stereocenters. The van der Waals surface area contributed by atoms with E-state index in [1.165, 1.54) is 11.8 Å². The third-order valence-corrected chi connectivity index (χ3v) is 3.74. The van der Waals surface area contributed by atoms with E-state index >= 15 is 0 Å². The number of nitrogens with one attached hydrogen (secondary N) is 1. The summed E-state index contributed by atoms with van der Waals surface area (Å²) in [7, 11) is 0. The SMILES string of the molecule is Cc1ccc(-n2nc(C(C)(C)C)cc2NC(=O)c2ccco2)cc1. The zero-order valence-corrected chi connectivity index (χ0v) is 14.3. The molecule has 5 heteroatoms. The lowest BCUT2D eigenvalue weighted by Crippen LogP contribution is -2.14. The van der Waals surface area contributed by atoms with Crippen LogP contribution in [0.15, 0.2) is 53.1 Å². The molecule has 0 saturated heterocycles. The van der Waals surface area contributed by atoms with Crippen molar-refractivity contribution in [2.24, 2.45) is 0 Å². The number of aromatic nitrogens is 2. The summed E-state index contributed by atoms with van der Waals surface area (Å²) < 4.78 is 6.91. The highest BCUT2D eigenvalue weighted by molar-refractivity contribution is 6.01. The van der Waals surface area contributed by atoms with Crippen molar-refractivity contribution in [1.29, 1.82) is 0 Å². The highest BCUT2D eigenvalue weighted by atomic mass is 16.3. The van der Waals surface area contributed by atoms with Gasteiger partial charge in [-0.15, -0.1) is 0 Å². The third kappa shape index (κ3) is 3.25. The van der Waals surface area contributed by atoms with Crippen LogP contribution in [0.4, 0.5) is 5.82 Å². The Hall–Kier alpha value is -2.82. The van der Waals surface area contributed by atoms with Crippen LogP contribution < -0.4 is 5.32 Å². The van der Waals surface area contributed by atoms with Gasteiger partial charge < -0.3 is 9.73 Å². The number of anilines is 1. The van der Waals surface area contributed by atoms with Gasteiger partial charge in [-0.1, -0.05) is 38.5 Å². The lowest BCUT2D eigenvalue weighted by molar-refractivity contribution is 0.0996. The molecule has 0 aliphatic carbocycles. The van der Waals surface area contributed by atoms with E-state index in [1.807, 2.05) is 37.3 Å². The van der Waals surface area contributed by atoms with Gasteiger partial charge in [-0.25, -0.2) is 4.68 Å². The van der Waals surface area contributed by atoms with Crippen molar-refractivity contribution in [3.05, 3.63) is 65.7 Å². The average molecular weight is 323 g/mol. The molecule has 1 aromatic carbocycles. The van der Waals surface area contributed by atoms with Gasteiger partial charge in [0.05, 0.1) is 17.6 Å². The molecule has 0 aliphatic rings. The number of carbonyl (C=O) groups is 1. The number of nitrogens with zero attached hydrogens (tertiary/aromatic N) is 2. The number of hydrogen-bond acceptors (Lipinski definition) is 3. The van der Waals surface area contributed by atoms with Gasteiger partial charge in [0.1, 0.15) is 5.82 Å². The van der Waals surface area contributed by atoms with Gasteiger partial charge >= 0.3 is 0 Å². The third-order valence-electron chi connectivity index (χ3n) is 3.74. The molecule has 1 amide bonds. The largest absolute Gasteiger partial charge is 0.459 e. The Morgan fingerprint density at radius 3 is 2.46 bits per heavy atom. The van der Waals surface area contributed by atoms with Crippen LogP contribution in [0.2, 0.25) is 0 Å². The zero-order valence-electron chi connectivity index (χ0n) is 14.3. The van der Waals surface area contributed by atoms with Gasteiger partial charge in [0, 0.05) is 11.5 Å². The van der Waals surface area contributed by atoms with E-state index in [0.29, 0.717) is 5.82 Å². The summed E-state index contributed by atoms with van der Waals surface area (Å²) in [6.07, 6.45) is 1.48. The van der Waals surface area contributed by atoms with Crippen LogP contribution in [-0.4, -0.2) is 15.7 Å². The van der Waals surface area contributed by atoms with Crippen molar-refractivity contribution >= 4 is 11.7 Å². The average Bonchev–Trinajstić information content (AvgIpc) is 3.16. The van der Waals surface area contributed by atoms with Crippen LogP contribution in [0, 0.1) is 6.92 Å². The standard InChI is InChI=1S/C19H21N3O2/c1-13-7-9-14(10-8-13)22-17(12-16(21-22)19(2,3)4)20-18(23)15-6-5-11-24-15/h5-12H,1-4H3,(H,20,23). The molecule has 24 heavy (non-hydrogen) atoms. The molecular formula is C19H21N3O2. The fourth-order valence-electron chi connectivity index (χ4n) is 2.31. The Bertz CT molecular complexity index is 838. The van der Waals surface area contributed by atoms with Gasteiger partial charge in [0.25, 0.3) is 5.91 Å². The van der Waals surface area contributed by atoms with Crippen molar-refractivity contribution in [2.75, 3.05) is 5.32 Å². The second kappa shape index (κ2) is 6.00. The van der Waals surface area contributed by atoms with Crippen molar-refractivity contribution in [2.45, 2.75) is 33.1 Å². The van der Waals surface area contributed by atoms with Gasteiger partial charge in [0.15, 0.2) is 5.76 Å². The predicted molar refractivity (Wildman–Crippen MR) is 93.7 cm³/mol.